The summed E-state index contributed by atoms with van der Waals surface area (Å²) in [6, 6.07) is 45.8. The predicted octanol–water partition coefficient (Wildman–Crippen LogP) is 21.8. The van der Waals surface area contributed by atoms with Crippen molar-refractivity contribution in [2.45, 2.75) is 52.4 Å². The molecule has 0 atom stereocenters. The fourth-order valence-electron chi connectivity index (χ4n) is 12.4. The van der Waals surface area contributed by atoms with Crippen LogP contribution in [0.5, 0.6) is 11.5 Å². The minimum atomic E-state index is -0.824. The van der Waals surface area contributed by atoms with Gasteiger partial charge in [-0.15, -0.1) is 29.7 Å². The zero-order valence-electron chi connectivity index (χ0n) is 68.7. The van der Waals surface area contributed by atoms with Gasteiger partial charge in [0, 0.05) is 44.3 Å². The molecule has 1 aliphatic heterocycles. The number of pyridine rings is 1. The summed E-state index contributed by atoms with van der Waals surface area (Å²) in [6.07, 6.45) is 5.58. The third-order valence-electron chi connectivity index (χ3n) is 16.8. The van der Waals surface area contributed by atoms with Crippen LogP contribution in [-0.4, -0.2) is 14.1 Å². The van der Waals surface area contributed by atoms with E-state index >= 15 is 0 Å². The molecule has 0 aliphatic carbocycles. The molecule has 16 rings (SSSR count). The minimum absolute atomic E-state index is 0. The van der Waals surface area contributed by atoms with Crippen molar-refractivity contribution in [2.75, 3.05) is 0 Å². The molecule has 1 aliphatic rings. The summed E-state index contributed by atoms with van der Waals surface area (Å²) in [4.78, 5) is 4.88. The molecule has 0 saturated carbocycles. The van der Waals surface area contributed by atoms with Gasteiger partial charge in [-0.3, -0.25) is 4.57 Å². The second-order valence-electron chi connectivity index (χ2n) is 24.6. The molecule has 446 valence electrons. The third-order valence-corrected chi connectivity index (χ3v) is 16.8. The summed E-state index contributed by atoms with van der Waals surface area (Å²) < 4.78 is 180. The normalized spacial score (nSPS) is 14.7. The molecule has 5 nitrogen and oxygen atoms in total. The molecule has 92 heavy (non-hydrogen) atoms. The minimum Gasteiger partial charge on any atom is -0.510 e. The molecule has 0 bridgehead atoms. The topological polar surface area (TPSA) is 35.9 Å². The summed E-state index contributed by atoms with van der Waals surface area (Å²) in [7, 11) is 0. The Hall–Kier alpha value is -10.5. The largest absolute Gasteiger partial charge is 0.510 e. The van der Waals surface area contributed by atoms with Crippen LogP contribution in [0.2, 0.25) is 0 Å². The van der Waals surface area contributed by atoms with E-state index in [0.717, 1.165) is 33.0 Å². The summed E-state index contributed by atoms with van der Waals surface area (Å²) >= 11 is 0. The van der Waals surface area contributed by atoms with E-state index < -0.39 is 131 Å². The van der Waals surface area contributed by atoms with Gasteiger partial charge in [-0.1, -0.05) is 247 Å². The van der Waals surface area contributed by atoms with Crippen LogP contribution in [0.3, 0.4) is 0 Å². The van der Waals surface area contributed by atoms with Gasteiger partial charge in [0.1, 0.15) is 5.82 Å². The maximum Gasteiger partial charge on any atom is 0.268 e. The Morgan fingerprint density at radius 1 is 0.435 bits per heavy atom. The number of para-hydroxylation sites is 2. The summed E-state index contributed by atoms with van der Waals surface area (Å²) in [5.74, 6) is 1.26. The van der Waals surface area contributed by atoms with Gasteiger partial charge in [-0.25, -0.2) is 4.98 Å². The molecule has 3 aromatic heterocycles. The number of benzene rings is 12. The maximum atomic E-state index is 10.5. The number of hydrogen-bond acceptors (Lipinski definition) is 2. The first kappa shape index (κ1) is 41.0. The van der Waals surface area contributed by atoms with Crippen molar-refractivity contribution in [3.05, 3.63) is 308 Å². The first-order valence-electron chi connectivity index (χ1n) is 38.9. The van der Waals surface area contributed by atoms with E-state index in [1.54, 1.807) is 59.3 Å². The molecule has 0 unspecified atom stereocenters. The number of rotatable bonds is 9. The van der Waals surface area contributed by atoms with Crippen molar-refractivity contribution in [1.29, 1.82) is 0 Å². The van der Waals surface area contributed by atoms with Crippen molar-refractivity contribution < 1.29 is 55.0 Å². The molecule has 15 aromatic rings. The fourth-order valence-corrected chi connectivity index (χ4v) is 12.4. The first-order chi connectivity index (χ1) is 51.9. The van der Waals surface area contributed by atoms with Gasteiger partial charge in [0.05, 0.1) is 41.4 Å². The summed E-state index contributed by atoms with van der Waals surface area (Å²) in [5, 5.41) is 1.89. The SMILES string of the molecule is [2H]c1c([2H])c([2H])c(-c2cccc3c2-c2ccccc2-c2cc(-c4c([2H])c(-c5c([2H])c([2H])c([2H])c([2H])c5[2H])c([2H])c(-c5c([2H])c([2H])c([2H])c([2H])c5[2H])c4[2H])cc4c2[n+]([c-]n4-c2[c-]c(Oc4[c-]c5c(cc4)c4ccccc4n5-c4cc(C(C)(C)C)ccn4)ccc2)-c2c(-c4ccc(C(C)(C)C)cc4)cccc2-3)c([2H])c1[2H].[Pt]. The molecular formula is C86H64N4OPt-2. The molecule has 0 amide bonds. The van der Waals surface area contributed by atoms with Crippen molar-refractivity contribution in [1.82, 2.24) is 14.1 Å². The van der Waals surface area contributed by atoms with Crippen LogP contribution >= 0.6 is 0 Å². The average molecular weight is 1380 g/mol. The molecule has 6 heteroatoms. The Morgan fingerprint density at radius 2 is 1.02 bits per heavy atom. The molecule has 12 aromatic carbocycles. The fraction of sp³-hybridized carbons (Fsp3) is 0.0930. The number of hydrogen-bond donors (Lipinski definition) is 0. The van der Waals surface area contributed by atoms with Gasteiger partial charge in [-0.2, -0.15) is 18.2 Å². The van der Waals surface area contributed by atoms with Gasteiger partial charge in [0.25, 0.3) is 6.33 Å². The van der Waals surface area contributed by atoms with E-state index in [-0.39, 0.29) is 59.9 Å². The van der Waals surface area contributed by atoms with Crippen LogP contribution in [-0.2, 0) is 31.9 Å². The Balaban J connectivity index is 0.00000961. The Morgan fingerprint density at radius 3 is 1.72 bits per heavy atom. The Labute approximate surface area is 577 Å². The molecule has 4 heterocycles. The number of ether oxygens (including phenoxy) is 1. The molecule has 0 fully saturated rings. The van der Waals surface area contributed by atoms with Gasteiger partial charge >= 0.3 is 0 Å². The Kier molecular flexibility index (Phi) is 10.3. The standard InChI is InChI=1S/C86H64N4O.Pt/c1-85(2,3)64-41-39-59(40-42-64)70-35-22-37-76-75-36-21-34-69(58-27-14-9-15-28-58)82(75)74-33-17-16-31-71(74)77-50-63(62-48-60(56-23-10-7-11-24-56)47-61(49-62)57-25-12-8-13-26-57)51-80-84(77)89(83(70)76)55-88(80)66-29-20-30-67(53-66)91-68-43-44-73-72-32-18-19-38-78(72)90(79(73)54-68)81-52-65(45-46-87-81)86(4,5)6;/h7-52H,1-6H3;/q-2;/i7D,8D,9D,10D,11D,12D,13D,14D,15D,23D,24D,25D,26D,27D,28D,47D,48D,49D;. The van der Waals surface area contributed by atoms with Gasteiger partial charge < -0.3 is 13.9 Å². The predicted molar refractivity (Wildman–Crippen MR) is 374 cm³/mol. The van der Waals surface area contributed by atoms with Crippen LogP contribution in [0, 0.1) is 18.5 Å². The summed E-state index contributed by atoms with van der Waals surface area (Å²) in [5.41, 5.74) is 6.82. The van der Waals surface area contributed by atoms with E-state index in [9.17, 15) is 12.3 Å². The van der Waals surface area contributed by atoms with Gasteiger partial charge in [-0.05, 0) is 164 Å². The van der Waals surface area contributed by atoms with Crippen molar-refractivity contribution in [3.63, 3.8) is 0 Å². The molecule has 0 N–H and O–H groups in total. The van der Waals surface area contributed by atoms with E-state index in [2.05, 4.69) is 88.8 Å². The number of fused-ring (bicyclic) bond motifs is 10. The quantitative estimate of drug-likeness (QED) is 0.107. The van der Waals surface area contributed by atoms with E-state index in [1.807, 2.05) is 95.6 Å². The first-order valence-corrected chi connectivity index (χ1v) is 29.9. The monoisotopic (exact) mass is 1380 g/mol. The molecular weight excluding hydrogens is 1300 g/mol. The molecule has 0 saturated heterocycles. The number of aromatic nitrogens is 4. The third kappa shape index (κ3) is 10.3. The number of nitrogens with zero attached hydrogens (tertiary/aromatic N) is 4. The average Bonchev–Trinajstić information content (AvgIpc) is 1.52. The van der Waals surface area contributed by atoms with Crippen molar-refractivity contribution >= 4 is 32.8 Å². The van der Waals surface area contributed by atoms with Crippen LogP contribution in [0.15, 0.2) is 279 Å². The second-order valence-corrected chi connectivity index (χ2v) is 24.6. The van der Waals surface area contributed by atoms with Crippen molar-refractivity contribution in [2.24, 2.45) is 0 Å². The molecule has 0 spiro atoms. The number of imidazole rings is 1. The van der Waals surface area contributed by atoms with Gasteiger partial charge in [0.2, 0.25) is 0 Å². The Bertz CT molecular complexity index is 6290. The van der Waals surface area contributed by atoms with Crippen LogP contribution in [0.4, 0.5) is 0 Å². The van der Waals surface area contributed by atoms with Gasteiger partial charge in [0.15, 0.2) is 0 Å². The summed E-state index contributed by atoms with van der Waals surface area (Å²) in [6.45, 7) is 12.8. The van der Waals surface area contributed by atoms with Crippen LogP contribution in [0.1, 0.15) is 77.3 Å². The zero-order valence-corrected chi connectivity index (χ0v) is 53.0. The van der Waals surface area contributed by atoms with Crippen LogP contribution < -0.4 is 9.30 Å². The van der Waals surface area contributed by atoms with E-state index in [4.69, 9.17) is 22.1 Å². The maximum absolute atomic E-state index is 10.5. The van der Waals surface area contributed by atoms with Crippen molar-refractivity contribution in [3.8, 4) is 118 Å². The zero-order chi connectivity index (χ0) is 77.2. The van der Waals surface area contributed by atoms with E-state index in [0.29, 0.717) is 78.4 Å². The smallest absolute Gasteiger partial charge is 0.268 e. The second kappa shape index (κ2) is 23.1. The molecule has 0 radical (unpaired) electrons. The van der Waals surface area contributed by atoms with Crippen LogP contribution in [0.25, 0.3) is 139 Å². The van der Waals surface area contributed by atoms with E-state index in [1.165, 1.54) is 0 Å².